The third kappa shape index (κ3) is 4.33. The highest BCUT2D eigenvalue weighted by molar-refractivity contribution is 5.85. The van der Waals surface area contributed by atoms with E-state index in [0.29, 0.717) is 11.8 Å². The Morgan fingerprint density at radius 2 is 1.88 bits per heavy atom. The number of esters is 1. The number of anilines is 2. The molecule has 1 unspecified atom stereocenters. The fourth-order valence-electron chi connectivity index (χ4n) is 4.14. The zero-order chi connectivity index (χ0) is 19.3. The molecule has 0 heterocycles. The fraction of sp³-hybridized carbons (Fsp3) is 0.682. The van der Waals surface area contributed by atoms with E-state index in [1.54, 1.807) is 0 Å². The minimum atomic E-state index is -0.513. The van der Waals surface area contributed by atoms with Crippen LogP contribution in [0.5, 0.6) is 0 Å². The van der Waals surface area contributed by atoms with Crippen molar-refractivity contribution in [3.63, 3.8) is 0 Å². The second-order valence-electron chi connectivity index (χ2n) is 8.37. The molecule has 0 aliphatic heterocycles. The molecule has 1 fully saturated rings. The third-order valence-corrected chi connectivity index (χ3v) is 5.77. The van der Waals surface area contributed by atoms with Crippen LogP contribution in [0.3, 0.4) is 0 Å². The van der Waals surface area contributed by atoms with Crippen molar-refractivity contribution in [2.45, 2.75) is 65.2 Å². The van der Waals surface area contributed by atoms with Crippen molar-refractivity contribution >= 4 is 17.3 Å². The molecular formula is C22H36N2O2. The van der Waals surface area contributed by atoms with Crippen molar-refractivity contribution in [3.8, 4) is 0 Å². The molecule has 2 N–H and O–H groups in total. The maximum absolute atomic E-state index is 12.5. The number of nitrogen functional groups attached to an aromatic ring is 1. The normalized spacial score (nSPS) is 17.3. The van der Waals surface area contributed by atoms with Crippen molar-refractivity contribution in [1.29, 1.82) is 0 Å². The van der Waals surface area contributed by atoms with Gasteiger partial charge in [-0.1, -0.05) is 53.0 Å². The summed E-state index contributed by atoms with van der Waals surface area (Å²) in [6.45, 7) is 11.0. The molecule has 1 atom stereocenters. The van der Waals surface area contributed by atoms with Crippen LogP contribution >= 0.6 is 0 Å². The lowest BCUT2D eigenvalue weighted by Crippen LogP contribution is -2.35. The molecule has 0 radical (unpaired) electrons. The van der Waals surface area contributed by atoms with Gasteiger partial charge in [0.15, 0.2) is 0 Å². The highest BCUT2D eigenvalue weighted by Gasteiger charge is 2.44. The largest absolute Gasteiger partial charge is 0.468 e. The number of benzene rings is 1. The molecule has 0 amide bonds. The van der Waals surface area contributed by atoms with Crippen LogP contribution in [0.25, 0.3) is 0 Å². The predicted molar refractivity (Wildman–Crippen MR) is 110 cm³/mol. The monoisotopic (exact) mass is 360 g/mol. The summed E-state index contributed by atoms with van der Waals surface area (Å²) in [6.07, 6.45) is 4.97. The van der Waals surface area contributed by atoms with Crippen LogP contribution in [0.1, 0.15) is 65.4 Å². The van der Waals surface area contributed by atoms with Crippen LogP contribution in [-0.4, -0.2) is 26.2 Å². The van der Waals surface area contributed by atoms with Gasteiger partial charge in [-0.2, -0.15) is 0 Å². The predicted octanol–water partition coefficient (Wildman–Crippen LogP) is 4.76. The molecule has 1 aromatic rings. The van der Waals surface area contributed by atoms with Crippen molar-refractivity contribution < 1.29 is 9.53 Å². The highest BCUT2D eigenvalue weighted by Crippen LogP contribution is 2.43. The van der Waals surface area contributed by atoms with Gasteiger partial charge in [-0.3, -0.25) is 4.79 Å². The van der Waals surface area contributed by atoms with Crippen molar-refractivity contribution in [1.82, 2.24) is 0 Å². The van der Waals surface area contributed by atoms with E-state index in [9.17, 15) is 4.79 Å². The van der Waals surface area contributed by atoms with Gasteiger partial charge in [-0.15, -0.1) is 0 Å². The standard InChI is InChI=1S/C22H36N2O2/c1-6-17(4)15-24(14-16(2)3)20-10-9-18(13-19(20)23)22(21(25)26-5)11-7-8-12-22/h9-10,13,16-17H,6-8,11-12,14-15,23H2,1-5H3. The Labute approximate surface area is 159 Å². The van der Waals surface area contributed by atoms with Gasteiger partial charge in [0, 0.05) is 13.1 Å². The van der Waals surface area contributed by atoms with Gasteiger partial charge >= 0.3 is 5.97 Å². The smallest absolute Gasteiger partial charge is 0.316 e. The molecule has 146 valence electrons. The minimum absolute atomic E-state index is 0.124. The molecular weight excluding hydrogens is 324 g/mol. The van der Waals surface area contributed by atoms with Crippen LogP contribution in [0.15, 0.2) is 18.2 Å². The Bertz CT molecular complexity index is 606. The van der Waals surface area contributed by atoms with Gasteiger partial charge in [0.05, 0.1) is 23.9 Å². The van der Waals surface area contributed by atoms with E-state index in [-0.39, 0.29) is 5.97 Å². The fourth-order valence-corrected chi connectivity index (χ4v) is 4.14. The molecule has 1 aliphatic carbocycles. The van der Waals surface area contributed by atoms with Gasteiger partial charge in [-0.25, -0.2) is 0 Å². The van der Waals surface area contributed by atoms with Crippen LogP contribution in [-0.2, 0) is 14.9 Å². The number of nitrogens with zero attached hydrogens (tertiary/aromatic N) is 1. The van der Waals surface area contributed by atoms with E-state index in [0.717, 1.165) is 62.1 Å². The number of ether oxygens (including phenoxy) is 1. The van der Waals surface area contributed by atoms with Crippen LogP contribution < -0.4 is 10.6 Å². The van der Waals surface area contributed by atoms with Crippen molar-refractivity contribution in [2.24, 2.45) is 11.8 Å². The van der Waals surface area contributed by atoms with E-state index in [1.807, 2.05) is 6.07 Å². The number of hydrogen-bond donors (Lipinski definition) is 1. The average Bonchev–Trinajstić information content (AvgIpc) is 3.10. The minimum Gasteiger partial charge on any atom is -0.468 e. The maximum Gasteiger partial charge on any atom is 0.316 e. The number of carbonyl (C=O) groups is 1. The first-order chi connectivity index (χ1) is 12.3. The number of nitrogens with two attached hydrogens (primary N) is 1. The molecule has 2 rings (SSSR count). The summed E-state index contributed by atoms with van der Waals surface area (Å²) in [5.41, 5.74) is 8.84. The van der Waals surface area contributed by atoms with E-state index < -0.39 is 5.41 Å². The van der Waals surface area contributed by atoms with Crippen molar-refractivity contribution in [3.05, 3.63) is 23.8 Å². The summed E-state index contributed by atoms with van der Waals surface area (Å²) in [4.78, 5) is 14.9. The van der Waals surface area contributed by atoms with E-state index in [2.05, 4.69) is 44.7 Å². The molecule has 1 aliphatic rings. The van der Waals surface area contributed by atoms with E-state index in [4.69, 9.17) is 10.5 Å². The van der Waals surface area contributed by atoms with Gasteiger partial charge in [0.1, 0.15) is 0 Å². The van der Waals surface area contributed by atoms with Gasteiger partial charge in [0.25, 0.3) is 0 Å². The summed E-state index contributed by atoms with van der Waals surface area (Å²) < 4.78 is 5.14. The Balaban J connectivity index is 2.35. The summed E-state index contributed by atoms with van der Waals surface area (Å²) >= 11 is 0. The topological polar surface area (TPSA) is 55.6 Å². The number of rotatable bonds is 8. The maximum atomic E-state index is 12.5. The number of carbonyl (C=O) groups excluding carboxylic acids is 1. The van der Waals surface area contributed by atoms with Gasteiger partial charge in [0.2, 0.25) is 0 Å². The summed E-state index contributed by atoms with van der Waals surface area (Å²) in [6, 6.07) is 6.22. The highest BCUT2D eigenvalue weighted by atomic mass is 16.5. The molecule has 4 heteroatoms. The van der Waals surface area contributed by atoms with Gasteiger partial charge < -0.3 is 15.4 Å². The van der Waals surface area contributed by atoms with Gasteiger partial charge in [-0.05, 0) is 42.4 Å². The zero-order valence-electron chi connectivity index (χ0n) is 17.2. The van der Waals surface area contributed by atoms with Crippen molar-refractivity contribution in [2.75, 3.05) is 30.8 Å². The Kier molecular flexibility index (Phi) is 6.96. The average molecular weight is 361 g/mol. The first kappa shape index (κ1) is 20.6. The summed E-state index contributed by atoms with van der Waals surface area (Å²) in [5, 5.41) is 0. The first-order valence-corrected chi connectivity index (χ1v) is 10.1. The second-order valence-corrected chi connectivity index (χ2v) is 8.37. The van der Waals surface area contributed by atoms with Crippen LogP contribution in [0, 0.1) is 11.8 Å². The van der Waals surface area contributed by atoms with Crippen LogP contribution in [0.2, 0.25) is 0 Å². The number of methoxy groups -OCH3 is 1. The summed E-state index contributed by atoms with van der Waals surface area (Å²) in [7, 11) is 1.48. The molecule has 0 bridgehead atoms. The molecule has 26 heavy (non-hydrogen) atoms. The Morgan fingerprint density at radius 1 is 1.23 bits per heavy atom. The lowest BCUT2D eigenvalue weighted by Gasteiger charge is -2.32. The number of hydrogen-bond acceptors (Lipinski definition) is 4. The third-order valence-electron chi connectivity index (χ3n) is 5.77. The van der Waals surface area contributed by atoms with E-state index in [1.165, 1.54) is 7.11 Å². The molecule has 4 nitrogen and oxygen atoms in total. The first-order valence-electron chi connectivity index (χ1n) is 10.1. The molecule has 1 aromatic carbocycles. The van der Waals surface area contributed by atoms with Crippen LogP contribution in [0.4, 0.5) is 11.4 Å². The second kappa shape index (κ2) is 8.79. The Morgan fingerprint density at radius 3 is 2.38 bits per heavy atom. The SMILES string of the molecule is CCC(C)CN(CC(C)C)c1ccc(C2(C(=O)OC)CCCC2)cc1N. The molecule has 0 aromatic heterocycles. The quantitative estimate of drug-likeness (QED) is 0.536. The lowest BCUT2D eigenvalue weighted by atomic mass is 9.78. The Hall–Kier alpha value is -1.71. The summed E-state index contributed by atoms with van der Waals surface area (Å²) in [5.74, 6) is 1.05. The zero-order valence-corrected chi connectivity index (χ0v) is 17.2. The molecule has 0 saturated heterocycles. The molecule has 1 saturated carbocycles. The van der Waals surface area contributed by atoms with E-state index >= 15 is 0 Å². The lowest BCUT2D eigenvalue weighted by molar-refractivity contribution is -0.147. The molecule has 0 spiro atoms.